The molecular formula is C18H27N3O. The van der Waals surface area contributed by atoms with Gasteiger partial charge in [0.25, 0.3) is 0 Å². The van der Waals surface area contributed by atoms with Crippen LogP contribution < -0.4 is 5.32 Å². The van der Waals surface area contributed by atoms with Crippen molar-refractivity contribution >= 4 is 0 Å². The largest absolute Gasteiger partial charge is 0.384 e. The molecule has 0 spiro atoms. The summed E-state index contributed by atoms with van der Waals surface area (Å²) < 4.78 is 1.98. The molecule has 2 rings (SSSR count). The predicted octanol–water partition coefficient (Wildman–Crippen LogP) is 2.54. The summed E-state index contributed by atoms with van der Waals surface area (Å²) in [5.41, 5.74) is 3.74. The maximum Gasteiger partial charge on any atom is 0.0992 e. The Bertz CT molecular complexity index is 602. The van der Waals surface area contributed by atoms with E-state index in [2.05, 4.69) is 24.3 Å². The van der Waals surface area contributed by atoms with Crippen LogP contribution in [0.3, 0.4) is 0 Å². The van der Waals surface area contributed by atoms with Gasteiger partial charge in [-0.1, -0.05) is 44.2 Å². The number of nitrogens with one attached hydrogen (secondary N) is 1. The van der Waals surface area contributed by atoms with Gasteiger partial charge in [-0.15, -0.1) is 0 Å². The number of aliphatic hydroxyl groups is 1. The van der Waals surface area contributed by atoms with Gasteiger partial charge in [0.2, 0.25) is 0 Å². The van der Waals surface area contributed by atoms with Gasteiger partial charge in [0.1, 0.15) is 0 Å². The van der Waals surface area contributed by atoms with Crippen molar-refractivity contribution in [3.63, 3.8) is 0 Å². The fourth-order valence-electron chi connectivity index (χ4n) is 2.92. The lowest BCUT2D eigenvalue weighted by molar-refractivity contribution is 0.0566. The summed E-state index contributed by atoms with van der Waals surface area (Å²) in [6.45, 7) is 7.38. The number of nitrogens with zero attached hydrogens (tertiary/aromatic N) is 2. The molecule has 1 atom stereocenters. The Morgan fingerprint density at radius 1 is 1.18 bits per heavy atom. The summed E-state index contributed by atoms with van der Waals surface area (Å²) in [7, 11) is 2.00. The van der Waals surface area contributed by atoms with Gasteiger partial charge in [0.15, 0.2) is 0 Å². The second-order valence-electron chi connectivity index (χ2n) is 5.95. The van der Waals surface area contributed by atoms with E-state index in [9.17, 15) is 5.11 Å². The smallest absolute Gasteiger partial charge is 0.0992 e. The van der Waals surface area contributed by atoms with Crippen LogP contribution >= 0.6 is 0 Å². The number of hydrogen-bond donors (Lipinski definition) is 2. The van der Waals surface area contributed by atoms with Crippen molar-refractivity contribution < 1.29 is 5.11 Å². The van der Waals surface area contributed by atoms with E-state index in [-0.39, 0.29) is 0 Å². The van der Waals surface area contributed by atoms with Crippen molar-refractivity contribution in [1.82, 2.24) is 15.1 Å². The topological polar surface area (TPSA) is 50.1 Å². The van der Waals surface area contributed by atoms with Crippen LogP contribution in [0.4, 0.5) is 0 Å². The first-order chi connectivity index (χ1) is 10.5. The third-order valence-corrected chi connectivity index (χ3v) is 4.19. The van der Waals surface area contributed by atoms with Crippen molar-refractivity contribution in [1.29, 1.82) is 0 Å². The molecular weight excluding hydrogens is 274 g/mol. The molecule has 1 heterocycles. The monoisotopic (exact) mass is 301 g/mol. The van der Waals surface area contributed by atoms with E-state index < -0.39 is 5.60 Å². The Morgan fingerprint density at radius 3 is 2.45 bits per heavy atom. The molecule has 0 aliphatic carbocycles. The molecule has 4 nitrogen and oxygen atoms in total. The van der Waals surface area contributed by atoms with Crippen molar-refractivity contribution in [2.75, 3.05) is 6.54 Å². The van der Waals surface area contributed by atoms with E-state index in [0.717, 1.165) is 30.6 Å². The van der Waals surface area contributed by atoms with Crippen LogP contribution in [0.2, 0.25) is 0 Å². The molecule has 0 fully saturated rings. The minimum absolute atomic E-state index is 0.512. The van der Waals surface area contributed by atoms with Crippen molar-refractivity contribution in [2.45, 2.75) is 45.8 Å². The molecule has 2 N–H and O–H groups in total. The first kappa shape index (κ1) is 16.7. The van der Waals surface area contributed by atoms with E-state index in [1.807, 2.05) is 49.0 Å². The average Bonchev–Trinajstić information content (AvgIpc) is 2.83. The van der Waals surface area contributed by atoms with Gasteiger partial charge < -0.3 is 10.4 Å². The van der Waals surface area contributed by atoms with Gasteiger partial charge in [-0.25, -0.2) is 0 Å². The quantitative estimate of drug-likeness (QED) is 0.826. The lowest BCUT2D eigenvalue weighted by atomic mass is 9.96. The highest BCUT2D eigenvalue weighted by atomic mass is 16.3. The maximum atomic E-state index is 10.6. The third kappa shape index (κ3) is 3.57. The number of aromatic nitrogens is 2. The first-order valence-corrected chi connectivity index (χ1v) is 8.01. The number of rotatable bonds is 7. The molecule has 0 saturated heterocycles. The number of benzene rings is 1. The van der Waals surface area contributed by atoms with Crippen LogP contribution in [0, 0.1) is 0 Å². The summed E-state index contributed by atoms with van der Waals surface area (Å²) >= 11 is 0. The molecule has 0 bridgehead atoms. The second kappa shape index (κ2) is 7.07. The third-order valence-electron chi connectivity index (χ3n) is 4.19. The maximum absolute atomic E-state index is 10.6. The lowest BCUT2D eigenvalue weighted by Gasteiger charge is -2.24. The van der Waals surface area contributed by atoms with Crippen LogP contribution in [0.25, 0.3) is 0 Å². The van der Waals surface area contributed by atoms with Gasteiger partial charge in [0.05, 0.1) is 11.3 Å². The zero-order valence-corrected chi connectivity index (χ0v) is 14.1. The molecule has 2 aromatic rings. The number of aryl methyl sites for hydroxylation is 2. The molecule has 4 heteroatoms. The fourth-order valence-corrected chi connectivity index (χ4v) is 2.92. The highest BCUT2D eigenvalue weighted by Gasteiger charge is 2.22. The average molecular weight is 301 g/mol. The number of hydrogen-bond acceptors (Lipinski definition) is 3. The van der Waals surface area contributed by atoms with E-state index in [0.29, 0.717) is 6.54 Å². The molecule has 22 heavy (non-hydrogen) atoms. The molecule has 1 aromatic heterocycles. The second-order valence-corrected chi connectivity index (χ2v) is 5.95. The Morgan fingerprint density at radius 2 is 1.86 bits per heavy atom. The SMILES string of the molecule is CCc1nn(C)c(CC)c1CNCC(C)(O)c1ccccc1. The van der Waals surface area contributed by atoms with Crippen LogP contribution in [-0.2, 0) is 32.0 Å². The molecule has 0 aliphatic rings. The Kier molecular flexibility index (Phi) is 5.37. The van der Waals surface area contributed by atoms with E-state index in [4.69, 9.17) is 0 Å². The van der Waals surface area contributed by atoms with E-state index in [1.54, 1.807) is 0 Å². The van der Waals surface area contributed by atoms with E-state index in [1.165, 1.54) is 11.3 Å². The zero-order valence-electron chi connectivity index (χ0n) is 14.1. The van der Waals surface area contributed by atoms with Crippen LogP contribution in [-0.4, -0.2) is 21.4 Å². The standard InChI is InChI=1S/C18H27N3O/c1-5-16-15(17(6-2)21(4)20-16)12-19-13-18(3,22)14-10-8-7-9-11-14/h7-11,19,22H,5-6,12-13H2,1-4H3. The summed E-state index contributed by atoms with van der Waals surface area (Å²) in [6.07, 6.45) is 1.90. The molecule has 0 aliphatic heterocycles. The van der Waals surface area contributed by atoms with Crippen molar-refractivity contribution in [3.05, 3.63) is 52.8 Å². The summed E-state index contributed by atoms with van der Waals surface area (Å²) in [5.74, 6) is 0. The van der Waals surface area contributed by atoms with Gasteiger partial charge >= 0.3 is 0 Å². The molecule has 1 aromatic carbocycles. The normalized spacial score (nSPS) is 14.0. The summed E-state index contributed by atoms with van der Waals surface area (Å²) in [4.78, 5) is 0. The summed E-state index contributed by atoms with van der Waals surface area (Å²) in [6, 6.07) is 9.79. The van der Waals surface area contributed by atoms with Crippen LogP contribution in [0.15, 0.2) is 30.3 Å². The first-order valence-electron chi connectivity index (χ1n) is 8.01. The highest BCUT2D eigenvalue weighted by molar-refractivity contribution is 5.27. The zero-order chi connectivity index (χ0) is 16.2. The van der Waals surface area contributed by atoms with Gasteiger partial charge in [-0.2, -0.15) is 5.10 Å². The minimum Gasteiger partial charge on any atom is -0.384 e. The van der Waals surface area contributed by atoms with E-state index >= 15 is 0 Å². The molecule has 0 amide bonds. The van der Waals surface area contributed by atoms with Crippen molar-refractivity contribution in [2.24, 2.45) is 7.05 Å². The fraction of sp³-hybridized carbons (Fsp3) is 0.500. The van der Waals surface area contributed by atoms with Gasteiger partial charge in [0, 0.05) is 31.4 Å². The molecule has 1 unspecified atom stereocenters. The Balaban J connectivity index is 2.05. The molecule has 0 radical (unpaired) electrons. The van der Waals surface area contributed by atoms with Crippen molar-refractivity contribution in [3.8, 4) is 0 Å². The molecule has 0 saturated carbocycles. The van der Waals surface area contributed by atoms with Gasteiger partial charge in [-0.05, 0) is 25.3 Å². The lowest BCUT2D eigenvalue weighted by Crippen LogP contribution is -2.35. The summed E-state index contributed by atoms with van der Waals surface area (Å²) in [5, 5.41) is 18.6. The highest BCUT2D eigenvalue weighted by Crippen LogP contribution is 2.20. The van der Waals surface area contributed by atoms with Gasteiger partial charge in [-0.3, -0.25) is 4.68 Å². The molecule has 120 valence electrons. The Labute approximate surface area is 133 Å². The Hall–Kier alpha value is -1.65. The van der Waals surface area contributed by atoms with Crippen LogP contribution in [0.1, 0.15) is 43.3 Å². The minimum atomic E-state index is -0.873. The predicted molar refractivity (Wildman–Crippen MR) is 89.7 cm³/mol. The van der Waals surface area contributed by atoms with Crippen LogP contribution in [0.5, 0.6) is 0 Å².